The third kappa shape index (κ3) is 5.02. The van der Waals surface area contributed by atoms with E-state index >= 15 is 0 Å². The first-order chi connectivity index (χ1) is 12.6. The van der Waals surface area contributed by atoms with Crippen molar-refractivity contribution in [2.24, 2.45) is 0 Å². The first-order valence-electron chi connectivity index (χ1n) is 9.28. The van der Waals surface area contributed by atoms with Gasteiger partial charge in [-0.1, -0.05) is 0 Å². The van der Waals surface area contributed by atoms with Crippen molar-refractivity contribution in [3.8, 4) is 0 Å². The SMILES string of the molecule is O=C(CCN(CC1CCCO1)C(=O)c1ccc(F)cc1)N1CCNCC1. The predicted octanol–water partition coefficient (Wildman–Crippen LogP) is 1.27. The average Bonchev–Trinajstić information content (AvgIpc) is 3.19. The number of amides is 2. The minimum absolute atomic E-state index is 0.00804. The Balaban J connectivity index is 1.63. The van der Waals surface area contributed by atoms with E-state index in [1.165, 1.54) is 24.3 Å². The third-order valence-corrected chi connectivity index (χ3v) is 4.89. The van der Waals surface area contributed by atoms with E-state index < -0.39 is 0 Å². The van der Waals surface area contributed by atoms with Crippen LogP contribution in [0.3, 0.4) is 0 Å². The van der Waals surface area contributed by atoms with Crippen LogP contribution < -0.4 is 5.32 Å². The highest BCUT2D eigenvalue weighted by Gasteiger charge is 2.25. The van der Waals surface area contributed by atoms with Gasteiger partial charge in [0.25, 0.3) is 5.91 Å². The van der Waals surface area contributed by atoms with E-state index in [0.29, 0.717) is 44.8 Å². The van der Waals surface area contributed by atoms with Gasteiger partial charge in [0.1, 0.15) is 5.82 Å². The summed E-state index contributed by atoms with van der Waals surface area (Å²) < 4.78 is 18.8. The summed E-state index contributed by atoms with van der Waals surface area (Å²) in [6, 6.07) is 5.53. The number of hydrogen-bond acceptors (Lipinski definition) is 4. The number of carbonyl (C=O) groups excluding carboxylic acids is 2. The minimum atomic E-state index is -0.374. The molecule has 0 bridgehead atoms. The summed E-state index contributed by atoms with van der Waals surface area (Å²) >= 11 is 0. The molecule has 0 saturated carbocycles. The Labute approximate surface area is 153 Å². The van der Waals surface area contributed by atoms with Crippen molar-refractivity contribution >= 4 is 11.8 Å². The predicted molar refractivity (Wildman–Crippen MR) is 95.3 cm³/mol. The van der Waals surface area contributed by atoms with Crippen LogP contribution in [0.25, 0.3) is 0 Å². The van der Waals surface area contributed by atoms with E-state index in [-0.39, 0.29) is 23.7 Å². The molecule has 2 fully saturated rings. The molecule has 1 atom stereocenters. The molecule has 2 aliphatic rings. The molecule has 2 heterocycles. The topological polar surface area (TPSA) is 61.9 Å². The van der Waals surface area contributed by atoms with Crippen LogP contribution in [-0.4, -0.2) is 73.6 Å². The van der Waals surface area contributed by atoms with E-state index in [9.17, 15) is 14.0 Å². The van der Waals surface area contributed by atoms with Crippen molar-refractivity contribution in [1.29, 1.82) is 0 Å². The van der Waals surface area contributed by atoms with E-state index in [2.05, 4.69) is 5.32 Å². The van der Waals surface area contributed by atoms with Gasteiger partial charge in [-0.15, -0.1) is 0 Å². The molecule has 2 aliphatic heterocycles. The molecule has 0 radical (unpaired) electrons. The van der Waals surface area contributed by atoms with Gasteiger partial charge in [0.2, 0.25) is 5.91 Å². The van der Waals surface area contributed by atoms with Gasteiger partial charge in [-0.2, -0.15) is 0 Å². The Bertz CT molecular complexity index is 611. The van der Waals surface area contributed by atoms with Crippen molar-refractivity contribution in [3.05, 3.63) is 35.6 Å². The average molecular weight is 363 g/mol. The third-order valence-electron chi connectivity index (χ3n) is 4.89. The van der Waals surface area contributed by atoms with Crippen LogP contribution in [0, 0.1) is 5.82 Å². The normalized spacial score (nSPS) is 20.2. The van der Waals surface area contributed by atoms with Crippen LogP contribution in [0.2, 0.25) is 0 Å². The van der Waals surface area contributed by atoms with Crippen molar-refractivity contribution in [2.75, 3.05) is 45.9 Å². The molecular formula is C19H26FN3O3. The number of rotatable bonds is 6. The molecule has 0 aromatic heterocycles. The number of piperazine rings is 1. The summed E-state index contributed by atoms with van der Waals surface area (Å²) in [7, 11) is 0. The molecule has 7 heteroatoms. The fourth-order valence-electron chi connectivity index (χ4n) is 3.39. The number of carbonyl (C=O) groups is 2. The van der Waals surface area contributed by atoms with Crippen LogP contribution >= 0.6 is 0 Å². The van der Waals surface area contributed by atoms with Gasteiger partial charge in [-0.05, 0) is 37.1 Å². The lowest BCUT2D eigenvalue weighted by atomic mass is 10.1. The van der Waals surface area contributed by atoms with E-state index in [0.717, 1.165) is 25.9 Å². The number of hydrogen-bond donors (Lipinski definition) is 1. The zero-order chi connectivity index (χ0) is 18.4. The molecule has 1 N–H and O–H groups in total. The van der Waals surface area contributed by atoms with Gasteiger partial charge in [0.15, 0.2) is 0 Å². The second-order valence-corrected chi connectivity index (χ2v) is 6.77. The van der Waals surface area contributed by atoms with Crippen molar-refractivity contribution in [2.45, 2.75) is 25.4 Å². The largest absolute Gasteiger partial charge is 0.376 e. The molecule has 2 amide bonds. The molecule has 1 aromatic rings. The van der Waals surface area contributed by atoms with Crippen LogP contribution in [0.4, 0.5) is 4.39 Å². The highest BCUT2D eigenvalue weighted by Crippen LogP contribution is 2.16. The smallest absolute Gasteiger partial charge is 0.253 e. The molecular weight excluding hydrogens is 337 g/mol. The fourth-order valence-corrected chi connectivity index (χ4v) is 3.39. The van der Waals surface area contributed by atoms with Gasteiger partial charge >= 0.3 is 0 Å². The first kappa shape index (κ1) is 18.8. The van der Waals surface area contributed by atoms with Gasteiger partial charge in [0.05, 0.1) is 6.10 Å². The lowest BCUT2D eigenvalue weighted by molar-refractivity contribution is -0.132. The second kappa shape index (κ2) is 9.09. The van der Waals surface area contributed by atoms with Crippen molar-refractivity contribution in [3.63, 3.8) is 0 Å². The number of benzene rings is 1. The number of nitrogens with zero attached hydrogens (tertiary/aromatic N) is 2. The number of ether oxygens (including phenoxy) is 1. The highest BCUT2D eigenvalue weighted by molar-refractivity contribution is 5.94. The van der Waals surface area contributed by atoms with Crippen LogP contribution in [0.1, 0.15) is 29.6 Å². The Hall–Kier alpha value is -1.99. The van der Waals surface area contributed by atoms with Gasteiger partial charge < -0.3 is 19.9 Å². The van der Waals surface area contributed by atoms with E-state index in [1.54, 1.807) is 4.90 Å². The van der Waals surface area contributed by atoms with Crippen LogP contribution in [-0.2, 0) is 9.53 Å². The molecule has 0 aliphatic carbocycles. The lowest BCUT2D eigenvalue weighted by Crippen LogP contribution is -2.47. The minimum Gasteiger partial charge on any atom is -0.376 e. The van der Waals surface area contributed by atoms with Crippen molar-refractivity contribution < 1.29 is 18.7 Å². The lowest BCUT2D eigenvalue weighted by Gasteiger charge is -2.30. The second-order valence-electron chi connectivity index (χ2n) is 6.77. The summed E-state index contributed by atoms with van der Waals surface area (Å²) in [5, 5.41) is 3.22. The Morgan fingerprint density at radius 1 is 1.23 bits per heavy atom. The van der Waals surface area contributed by atoms with Crippen LogP contribution in [0.15, 0.2) is 24.3 Å². The maximum atomic E-state index is 13.1. The molecule has 26 heavy (non-hydrogen) atoms. The molecule has 6 nitrogen and oxygen atoms in total. The molecule has 3 rings (SSSR count). The van der Waals surface area contributed by atoms with Crippen molar-refractivity contribution in [1.82, 2.24) is 15.1 Å². The summed E-state index contributed by atoms with van der Waals surface area (Å²) in [6.45, 7) is 4.54. The molecule has 2 saturated heterocycles. The number of nitrogens with one attached hydrogen (secondary N) is 1. The Morgan fingerprint density at radius 2 is 1.96 bits per heavy atom. The molecule has 1 unspecified atom stereocenters. The quantitative estimate of drug-likeness (QED) is 0.827. The molecule has 142 valence electrons. The Morgan fingerprint density at radius 3 is 2.62 bits per heavy atom. The van der Waals surface area contributed by atoms with Gasteiger partial charge in [-0.25, -0.2) is 4.39 Å². The van der Waals surface area contributed by atoms with Gasteiger partial charge in [-0.3, -0.25) is 9.59 Å². The maximum Gasteiger partial charge on any atom is 0.253 e. The van der Waals surface area contributed by atoms with Crippen LogP contribution in [0.5, 0.6) is 0 Å². The zero-order valence-corrected chi connectivity index (χ0v) is 15.0. The standard InChI is InChI=1S/C19H26FN3O3/c20-16-5-3-15(4-6-16)19(25)23(14-17-2-1-13-26-17)10-7-18(24)22-11-8-21-9-12-22/h3-6,17,21H,1-2,7-14H2. The maximum absolute atomic E-state index is 13.1. The highest BCUT2D eigenvalue weighted by atomic mass is 19.1. The fraction of sp³-hybridized carbons (Fsp3) is 0.579. The summed E-state index contributed by atoms with van der Waals surface area (Å²) in [5.74, 6) is -0.495. The van der Waals surface area contributed by atoms with E-state index in [1.807, 2.05) is 4.90 Å². The monoisotopic (exact) mass is 363 g/mol. The number of halogens is 1. The summed E-state index contributed by atoms with van der Waals surface area (Å²) in [6.07, 6.45) is 2.20. The Kier molecular flexibility index (Phi) is 6.57. The zero-order valence-electron chi connectivity index (χ0n) is 15.0. The first-order valence-corrected chi connectivity index (χ1v) is 9.28. The molecule has 1 aromatic carbocycles. The van der Waals surface area contributed by atoms with Gasteiger partial charge in [0, 0.05) is 57.9 Å². The molecule has 0 spiro atoms. The summed E-state index contributed by atoms with van der Waals surface area (Å²) in [5.41, 5.74) is 0.430. The van der Waals surface area contributed by atoms with E-state index in [4.69, 9.17) is 4.74 Å². The summed E-state index contributed by atoms with van der Waals surface area (Å²) in [4.78, 5) is 28.8.